The Labute approximate surface area is 107 Å². The van der Waals surface area contributed by atoms with Crippen molar-refractivity contribution in [1.29, 1.82) is 0 Å². The van der Waals surface area contributed by atoms with Crippen LogP contribution in [0.5, 0.6) is 0 Å². The zero-order valence-electron chi connectivity index (χ0n) is 10.3. The Morgan fingerprint density at radius 3 is 2.53 bits per heavy atom. The second kappa shape index (κ2) is 5.56. The third kappa shape index (κ3) is 2.86. The molecule has 106 valence electrons. The summed E-state index contributed by atoms with van der Waals surface area (Å²) >= 11 is 0. The number of carbonyl (C=O) groups excluding carboxylic acids is 1. The number of hydrogen-bond acceptors (Lipinski definition) is 3. The lowest BCUT2D eigenvalue weighted by Gasteiger charge is -2.23. The molecule has 0 fully saturated rings. The smallest absolute Gasteiger partial charge is 0.379 e. The molecule has 0 bridgehead atoms. The van der Waals surface area contributed by atoms with E-state index in [-0.39, 0.29) is 12.2 Å². The van der Waals surface area contributed by atoms with Crippen molar-refractivity contribution in [2.24, 2.45) is 5.73 Å². The zero-order chi connectivity index (χ0) is 14.8. The summed E-state index contributed by atoms with van der Waals surface area (Å²) in [4.78, 5) is 11.1. The number of halogens is 4. The molecule has 1 aromatic rings. The van der Waals surface area contributed by atoms with Crippen LogP contribution in [0.3, 0.4) is 0 Å². The van der Waals surface area contributed by atoms with Crippen LogP contribution in [0, 0.1) is 18.6 Å². The minimum atomic E-state index is -4.22. The van der Waals surface area contributed by atoms with Crippen molar-refractivity contribution in [3.63, 3.8) is 0 Å². The van der Waals surface area contributed by atoms with Crippen molar-refractivity contribution >= 4 is 5.97 Å². The van der Waals surface area contributed by atoms with Crippen molar-refractivity contribution < 1.29 is 27.1 Å². The normalized spacial score (nSPS) is 13.2. The van der Waals surface area contributed by atoms with Gasteiger partial charge in [-0.15, -0.1) is 0 Å². The van der Waals surface area contributed by atoms with Crippen LogP contribution in [-0.4, -0.2) is 18.5 Å². The molecular weight excluding hydrogens is 266 g/mol. The molecule has 0 aromatic heterocycles. The second-order valence-electron chi connectivity index (χ2n) is 3.91. The summed E-state index contributed by atoms with van der Waals surface area (Å²) < 4.78 is 58.6. The Hall–Kier alpha value is -1.63. The molecule has 1 aromatic carbocycles. The number of ether oxygens (including phenoxy) is 1. The van der Waals surface area contributed by atoms with Gasteiger partial charge in [0.25, 0.3) is 0 Å². The van der Waals surface area contributed by atoms with Gasteiger partial charge in [-0.1, -0.05) is 6.07 Å². The lowest BCUT2D eigenvalue weighted by molar-refractivity contribution is -0.175. The molecule has 0 saturated carbocycles. The van der Waals surface area contributed by atoms with Crippen LogP contribution >= 0.6 is 0 Å². The first-order valence-electron chi connectivity index (χ1n) is 5.48. The molecule has 0 amide bonds. The van der Waals surface area contributed by atoms with Gasteiger partial charge in [-0.2, -0.15) is 8.78 Å². The summed E-state index contributed by atoms with van der Waals surface area (Å²) in [6.07, 6.45) is 0. The fourth-order valence-electron chi connectivity index (χ4n) is 1.50. The first-order chi connectivity index (χ1) is 8.73. The van der Waals surface area contributed by atoms with Crippen LogP contribution in [0.1, 0.15) is 24.1 Å². The second-order valence-corrected chi connectivity index (χ2v) is 3.91. The number of aryl methyl sites for hydroxylation is 1. The van der Waals surface area contributed by atoms with Crippen LogP contribution in [0.15, 0.2) is 12.1 Å². The van der Waals surface area contributed by atoms with Gasteiger partial charge in [0.15, 0.2) is 0 Å². The van der Waals surface area contributed by atoms with E-state index in [9.17, 15) is 22.4 Å². The van der Waals surface area contributed by atoms with Crippen molar-refractivity contribution in [1.82, 2.24) is 0 Å². The number of alkyl halides is 2. The molecule has 1 rings (SSSR count). The maximum atomic E-state index is 13.7. The van der Waals surface area contributed by atoms with E-state index in [1.807, 2.05) is 0 Å². The molecule has 0 aliphatic carbocycles. The van der Waals surface area contributed by atoms with Gasteiger partial charge < -0.3 is 10.5 Å². The molecule has 1 atom stereocenters. The molecule has 0 spiro atoms. The van der Waals surface area contributed by atoms with Crippen molar-refractivity contribution in [3.8, 4) is 0 Å². The van der Waals surface area contributed by atoms with E-state index < -0.39 is 35.1 Å². The predicted molar refractivity (Wildman–Crippen MR) is 59.6 cm³/mol. The summed E-state index contributed by atoms with van der Waals surface area (Å²) in [6, 6.07) is -0.551. The van der Waals surface area contributed by atoms with Gasteiger partial charge in [-0.05, 0) is 25.5 Å². The van der Waals surface area contributed by atoms with E-state index in [2.05, 4.69) is 4.74 Å². The van der Waals surface area contributed by atoms with Crippen molar-refractivity contribution in [3.05, 3.63) is 34.9 Å². The average Bonchev–Trinajstić information content (AvgIpc) is 2.34. The molecule has 19 heavy (non-hydrogen) atoms. The molecular formula is C12H13F4NO2. The number of hydrogen-bond donors (Lipinski definition) is 1. The van der Waals surface area contributed by atoms with Crippen LogP contribution in [0.25, 0.3) is 0 Å². The lowest BCUT2D eigenvalue weighted by atomic mass is 9.98. The van der Waals surface area contributed by atoms with E-state index in [0.29, 0.717) is 0 Å². The molecule has 0 aliphatic rings. The molecule has 3 nitrogen and oxygen atoms in total. The number of esters is 1. The Morgan fingerprint density at radius 1 is 1.42 bits per heavy atom. The maximum Gasteiger partial charge on any atom is 0.379 e. The number of benzene rings is 1. The third-order valence-electron chi connectivity index (χ3n) is 2.57. The summed E-state index contributed by atoms with van der Waals surface area (Å²) in [5.41, 5.74) is 4.06. The summed E-state index contributed by atoms with van der Waals surface area (Å²) in [5.74, 6) is -8.57. The van der Waals surface area contributed by atoms with E-state index in [4.69, 9.17) is 5.73 Å². The first-order valence-corrected chi connectivity index (χ1v) is 5.48. The summed E-state index contributed by atoms with van der Waals surface area (Å²) in [5, 5.41) is 0. The highest BCUT2D eigenvalue weighted by atomic mass is 19.3. The van der Waals surface area contributed by atoms with Gasteiger partial charge in [0.2, 0.25) is 0 Å². The van der Waals surface area contributed by atoms with E-state index >= 15 is 0 Å². The first kappa shape index (κ1) is 15.4. The third-order valence-corrected chi connectivity index (χ3v) is 2.57. The fraction of sp³-hybridized carbons (Fsp3) is 0.417. The molecule has 0 radical (unpaired) electrons. The standard InChI is InChI=1S/C12H13F4NO2/c1-3-19-11(18)12(15,16)10(17)8-7(13)5-4-6(2)9(8)14/h4-5,10H,3,17H2,1-2H3/t10-/m1/s1. The molecule has 0 heterocycles. The Balaban J connectivity index is 3.23. The van der Waals surface area contributed by atoms with Gasteiger partial charge >= 0.3 is 11.9 Å². The van der Waals surface area contributed by atoms with Crippen molar-refractivity contribution in [2.75, 3.05) is 6.61 Å². The lowest BCUT2D eigenvalue weighted by Crippen LogP contribution is -2.42. The van der Waals surface area contributed by atoms with Crippen LogP contribution in [0.2, 0.25) is 0 Å². The zero-order valence-corrected chi connectivity index (χ0v) is 10.3. The van der Waals surface area contributed by atoms with Gasteiger partial charge in [-0.3, -0.25) is 0 Å². The molecule has 0 aliphatic heterocycles. The Morgan fingerprint density at radius 2 is 2.00 bits per heavy atom. The van der Waals surface area contributed by atoms with Gasteiger partial charge in [0, 0.05) is 5.56 Å². The molecule has 2 N–H and O–H groups in total. The van der Waals surface area contributed by atoms with Crippen molar-refractivity contribution in [2.45, 2.75) is 25.8 Å². The quantitative estimate of drug-likeness (QED) is 0.680. The highest BCUT2D eigenvalue weighted by Gasteiger charge is 2.49. The minimum absolute atomic E-state index is 0.0495. The minimum Gasteiger partial charge on any atom is -0.462 e. The SMILES string of the molecule is CCOC(=O)C(F)(F)[C@H](N)c1c(F)ccc(C)c1F. The summed E-state index contributed by atoms with van der Waals surface area (Å²) in [6.45, 7) is 2.31. The number of carbonyl (C=O) groups is 1. The summed E-state index contributed by atoms with van der Waals surface area (Å²) in [7, 11) is 0. The average molecular weight is 279 g/mol. The van der Waals surface area contributed by atoms with Crippen LogP contribution in [0.4, 0.5) is 17.6 Å². The van der Waals surface area contributed by atoms with Gasteiger partial charge in [-0.25, -0.2) is 13.6 Å². The molecule has 0 saturated heterocycles. The highest BCUT2D eigenvalue weighted by Crippen LogP contribution is 2.34. The van der Waals surface area contributed by atoms with Crippen LogP contribution < -0.4 is 5.73 Å². The van der Waals surface area contributed by atoms with Crippen LogP contribution in [-0.2, 0) is 9.53 Å². The topological polar surface area (TPSA) is 52.3 Å². The Bertz CT molecular complexity index is 491. The van der Waals surface area contributed by atoms with Gasteiger partial charge in [0.1, 0.15) is 17.7 Å². The van der Waals surface area contributed by atoms with E-state index in [1.54, 1.807) is 0 Å². The van der Waals surface area contributed by atoms with E-state index in [0.717, 1.165) is 12.1 Å². The fourth-order valence-corrected chi connectivity index (χ4v) is 1.50. The van der Waals surface area contributed by atoms with E-state index in [1.165, 1.54) is 13.8 Å². The molecule has 0 unspecified atom stereocenters. The van der Waals surface area contributed by atoms with Gasteiger partial charge in [0.05, 0.1) is 6.61 Å². The number of rotatable bonds is 4. The monoisotopic (exact) mass is 279 g/mol. The molecule has 7 heteroatoms. The number of nitrogens with two attached hydrogens (primary N) is 1. The Kier molecular flexibility index (Phi) is 4.52. The highest BCUT2D eigenvalue weighted by molar-refractivity contribution is 5.79. The predicted octanol–water partition coefficient (Wildman–Crippen LogP) is 2.47. The maximum absolute atomic E-state index is 13.7. The largest absolute Gasteiger partial charge is 0.462 e.